The summed E-state index contributed by atoms with van der Waals surface area (Å²) < 4.78 is 0. The van der Waals surface area contributed by atoms with E-state index in [0.717, 1.165) is 17.1 Å². The minimum absolute atomic E-state index is 1.11. The van der Waals surface area contributed by atoms with Crippen LogP contribution in [0.2, 0.25) is 0 Å². The van der Waals surface area contributed by atoms with Crippen molar-refractivity contribution in [2.45, 2.75) is 0 Å². The molecule has 0 saturated heterocycles. The number of anilines is 3. The molecule has 0 N–H and O–H groups in total. The molecule has 0 unspecified atom stereocenters. The van der Waals surface area contributed by atoms with Crippen molar-refractivity contribution >= 4 is 50.3 Å². The summed E-state index contributed by atoms with van der Waals surface area (Å²) >= 11 is 0. The molecule has 0 aliphatic heterocycles. The van der Waals surface area contributed by atoms with E-state index >= 15 is 0 Å². The lowest BCUT2D eigenvalue weighted by Crippen LogP contribution is -2.10. The van der Waals surface area contributed by atoms with E-state index in [2.05, 4.69) is 205 Å². The summed E-state index contributed by atoms with van der Waals surface area (Å²) in [7, 11) is 0. The molecule has 47 heavy (non-hydrogen) atoms. The first-order valence-corrected chi connectivity index (χ1v) is 16.1. The second-order valence-corrected chi connectivity index (χ2v) is 11.8. The third-order valence-electron chi connectivity index (χ3n) is 8.85. The number of para-hydroxylation sites is 1. The molecule has 0 fully saturated rings. The highest BCUT2D eigenvalue weighted by molar-refractivity contribution is 6.14. The molecular formula is C46H33N. The minimum Gasteiger partial charge on any atom is -0.310 e. The molecule has 0 heterocycles. The molecule has 0 aliphatic carbocycles. The van der Waals surface area contributed by atoms with Gasteiger partial charge in [-0.25, -0.2) is 0 Å². The zero-order valence-corrected chi connectivity index (χ0v) is 26.0. The summed E-state index contributed by atoms with van der Waals surface area (Å²) in [6, 6.07) is 69.5. The smallest absolute Gasteiger partial charge is 0.0546 e. The van der Waals surface area contributed by atoms with Crippen LogP contribution < -0.4 is 4.90 Å². The fourth-order valence-corrected chi connectivity index (χ4v) is 6.54. The fourth-order valence-electron chi connectivity index (χ4n) is 6.54. The van der Waals surface area contributed by atoms with Crippen LogP contribution in [0.5, 0.6) is 0 Å². The molecule has 0 spiro atoms. The molecule has 0 saturated carbocycles. The number of hydrogen-bond donors (Lipinski definition) is 0. The lowest BCUT2D eigenvalue weighted by molar-refractivity contribution is 1.30. The summed E-state index contributed by atoms with van der Waals surface area (Å²) in [6.07, 6.45) is 2.29. The Balaban J connectivity index is 1.25. The highest BCUT2D eigenvalue weighted by atomic mass is 15.1. The molecule has 8 aromatic rings. The van der Waals surface area contributed by atoms with Crippen molar-refractivity contribution in [3.63, 3.8) is 0 Å². The van der Waals surface area contributed by atoms with Crippen LogP contribution in [0, 0.1) is 0 Å². The third-order valence-corrected chi connectivity index (χ3v) is 8.85. The standard InChI is InChI=1S/C46H33N/c1-4-14-34(15-5-1)32-45(37-26-24-36(25-27-37)35-16-6-2-7-17-35)38-28-30-41(31-29-38)47(40-19-8-3-9-20-40)46-33-39-18-10-11-21-42(39)43-22-12-13-23-44(43)46/h1-33H. The Kier molecular flexibility index (Phi) is 7.63. The van der Waals surface area contributed by atoms with E-state index < -0.39 is 0 Å². The predicted molar refractivity (Wildman–Crippen MR) is 201 cm³/mol. The first kappa shape index (κ1) is 28.3. The Morgan fingerprint density at radius 3 is 1.55 bits per heavy atom. The summed E-state index contributed by atoms with van der Waals surface area (Å²) in [5, 5.41) is 4.97. The van der Waals surface area contributed by atoms with Crippen molar-refractivity contribution in [1.82, 2.24) is 0 Å². The summed E-state index contributed by atoms with van der Waals surface area (Å²) in [5.41, 5.74) is 10.5. The van der Waals surface area contributed by atoms with E-state index in [1.807, 2.05) is 0 Å². The van der Waals surface area contributed by atoms with Crippen molar-refractivity contribution < 1.29 is 0 Å². The zero-order chi connectivity index (χ0) is 31.4. The molecule has 1 nitrogen and oxygen atoms in total. The largest absolute Gasteiger partial charge is 0.310 e. The van der Waals surface area contributed by atoms with Gasteiger partial charge >= 0.3 is 0 Å². The van der Waals surface area contributed by atoms with Gasteiger partial charge in [0.1, 0.15) is 0 Å². The van der Waals surface area contributed by atoms with Crippen LogP contribution in [0.3, 0.4) is 0 Å². The maximum absolute atomic E-state index is 2.38. The first-order valence-electron chi connectivity index (χ1n) is 16.1. The number of hydrogen-bond acceptors (Lipinski definition) is 1. The van der Waals surface area contributed by atoms with Crippen LogP contribution in [0.25, 0.3) is 44.3 Å². The fraction of sp³-hybridized carbons (Fsp3) is 0. The van der Waals surface area contributed by atoms with E-state index in [9.17, 15) is 0 Å². The Morgan fingerprint density at radius 1 is 0.383 bits per heavy atom. The van der Waals surface area contributed by atoms with Gasteiger partial charge in [0, 0.05) is 16.8 Å². The van der Waals surface area contributed by atoms with Crippen LogP contribution in [0.4, 0.5) is 17.1 Å². The molecule has 1 heteroatoms. The summed E-state index contributed by atoms with van der Waals surface area (Å²) in [6.45, 7) is 0. The Morgan fingerprint density at radius 2 is 0.872 bits per heavy atom. The topological polar surface area (TPSA) is 3.24 Å². The Bertz CT molecular complexity index is 2300. The lowest BCUT2D eigenvalue weighted by Gasteiger charge is -2.28. The second-order valence-electron chi connectivity index (χ2n) is 11.8. The Hall–Kier alpha value is -6.18. The first-order chi connectivity index (χ1) is 23.3. The van der Waals surface area contributed by atoms with E-state index in [0.29, 0.717) is 0 Å². The quantitative estimate of drug-likeness (QED) is 0.130. The van der Waals surface area contributed by atoms with Crippen LogP contribution in [0.1, 0.15) is 16.7 Å². The van der Waals surface area contributed by atoms with Crippen LogP contribution in [-0.4, -0.2) is 0 Å². The van der Waals surface area contributed by atoms with Crippen molar-refractivity contribution in [1.29, 1.82) is 0 Å². The van der Waals surface area contributed by atoms with Gasteiger partial charge in [-0.05, 0) is 86.0 Å². The molecular weight excluding hydrogens is 567 g/mol. The highest BCUT2D eigenvalue weighted by Gasteiger charge is 2.17. The van der Waals surface area contributed by atoms with Crippen LogP contribution in [0.15, 0.2) is 194 Å². The number of rotatable bonds is 7. The average Bonchev–Trinajstić information content (AvgIpc) is 3.16. The van der Waals surface area contributed by atoms with Gasteiger partial charge in [0.05, 0.1) is 5.69 Å². The maximum atomic E-state index is 2.38. The van der Waals surface area contributed by atoms with Crippen molar-refractivity contribution in [2.24, 2.45) is 0 Å². The van der Waals surface area contributed by atoms with Crippen LogP contribution in [-0.2, 0) is 0 Å². The monoisotopic (exact) mass is 599 g/mol. The average molecular weight is 600 g/mol. The van der Waals surface area contributed by atoms with Gasteiger partial charge in [0.2, 0.25) is 0 Å². The van der Waals surface area contributed by atoms with Gasteiger partial charge in [0.25, 0.3) is 0 Å². The number of fused-ring (bicyclic) bond motifs is 3. The van der Waals surface area contributed by atoms with Gasteiger partial charge in [0.15, 0.2) is 0 Å². The van der Waals surface area contributed by atoms with E-state index in [-0.39, 0.29) is 0 Å². The highest BCUT2D eigenvalue weighted by Crippen LogP contribution is 2.42. The number of nitrogens with zero attached hydrogens (tertiary/aromatic N) is 1. The molecule has 8 rings (SSSR count). The molecule has 8 aromatic carbocycles. The van der Waals surface area contributed by atoms with Crippen molar-refractivity contribution in [3.05, 3.63) is 211 Å². The van der Waals surface area contributed by atoms with Gasteiger partial charge in [-0.15, -0.1) is 0 Å². The molecule has 0 aromatic heterocycles. The molecule has 0 bridgehead atoms. The lowest BCUT2D eigenvalue weighted by atomic mass is 9.93. The maximum Gasteiger partial charge on any atom is 0.0546 e. The second kappa shape index (κ2) is 12.7. The molecule has 0 aliphatic rings. The third kappa shape index (κ3) is 5.72. The van der Waals surface area contributed by atoms with Gasteiger partial charge in [-0.2, -0.15) is 0 Å². The molecule has 0 radical (unpaired) electrons. The zero-order valence-electron chi connectivity index (χ0n) is 26.0. The Labute approximate surface area is 276 Å². The van der Waals surface area contributed by atoms with Gasteiger partial charge < -0.3 is 4.90 Å². The van der Waals surface area contributed by atoms with Crippen molar-refractivity contribution in [2.75, 3.05) is 4.90 Å². The summed E-state index contributed by atoms with van der Waals surface area (Å²) in [5.74, 6) is 0. The predicted octanol–water partition coefficient (Wildman–Crippen LogP) is 12.7. The van der Waals surface area contributed by atoms with Crippen molar-refractivity contribution in [3.8, 4) is 11.1 Å². The van der Waals surface area contributed by atoms with Crippen LogP contribution >= 0.6 is 0 Å². The van der Waals surface area contributed by atoms with Gasteiger partial charge in [-0.3, -0.25) is 0 Å². The molecule has 0 amide bonds. The normalized spacial score (nSPS) is 11.5. The SMILES string of the molecule is C(=C(c1ccc(-c2ccccc2)cc1)c1ccc(N(c2ccccc2)c2cc3ccccc3c3ccccc23)cc1)c1ccccc1. The molecule has 222 valence electrons. The summed E-state index contributed by atoms with van der Waals surface area (Å²) in [4.78, 5) is 2.38. The number of benzene rings is 8. The minimum atomic E-state index is 1.11. The van der Waals surface area contributed by atoms with E-state index in [1.165, 1.54) is 54.9 Å². The molecule has 0 atom stereocenters. The van der Waals surface area contributed by atoms with E-state index in [1.54, 1.807) is 0 Å². The van der Waals surface area contributed by atoms with Gasteiger partial charge in [-0.1, -0.05) is 164 Å². The van der Waals surface area contributed by atoms with E-state index in [4.69, 9.17) is 0 Å².